The molecular weight excluding hydrogens is 219 g/mol. The van der Waals surface area contributed by atoms with E-state index in [0.717, 1.165) is 19.3 Å². The Morgan fingerprint density at radius 2 is 2.24 bits per heavy atom. The Labute approximate surface area is 100 Å². The van der Waals surface area contributed by atoms with Crippen molar-refractivity contribution >= 4 is 11.6 Å². The summed E-state index contributed by atoms with van der Waals surface area (Å²) < 4.78 is 13.0. The van der Waals surface area contributed by atoms with Crippen LogP contribution in [0, 0.1) is 11.2 Å². The summed E-state index contributed by atoms with van der Waals surface area (Å²) in [5.74, 6) is -0.345. The minimum atomic E-state index is -0.334. The van der Waals surface area contributed by atoms with Gasteiger partial charge in [0.15, 0.2) is 0 Å². The summed E-state index contributed by atoms with van der Waals surface area (Å²) >= 11 is 0. The van der Waals surface area contributed by atoms with Crippen molar-refractivity contribution in [2.45, 2.75) is 19.3 Å². The third kappa shape index (κ3) is 2.47. The molecule has 3 nitrogen and oxygen atoms in total. The van der Waals surface area contributed by atoms with Gasteiger partial charge in [0.1, 0.15) is 5.82 Å². The Bertz CT molecular complexity index is 416. The molecule has 1 fully saturated rings. The molecule has 1 aliphatic carbocycles. The van der Waals surface area contributed by atoms with E-state index in [9.17, 15) is 9.18 Å². The van der Waals surface area contributed by atoms with Gasteiger partial charge in [-0.1, -0.05) is 12.5 Å². The molecule has 0 radical (unpaired) electrons. The number of benzene rings is 1. The van der Waals surface area contributed by atoms with Gasteiger partial charge in [-0.15, -0.1) is 0 Å². The molecule has 1 amide bonds. The predicted molar refractivity (Wildman–Crippen MR) is 65.2 cm³/mol. The Balaban J connectivity index is 2.05. The summed E-state index contributed by atoms with van der Waals surface area (Å²) in [5, 5.41) is 5.85. The van der Waals surface area contributed by atoms with Gasteiger partial charge < -0.3 is 10.6 Å². The van der Waals surface area contributed by atoms with E-state index in [-0.39, 0.29) is 17.1 Å². The van der Waals surface area contributed by atoms with E-state index in [4.69, 9.17) is 0 Å². The molecule has 0 bridgehead atoms. The average Bonchev–Trinajstić information content (AvgIpc) is 2.23. The fourth-order valence-electron chi connectivity index (χ4n) is 2.26. The first-order chi connectivity index (χ1) is 8.16. The van der Waals surface area contributed by atoms with Gasteiger partial charge in [0.25, 0.3) is 0 Å². The second-order valence-corrected chi connectivity index (χ2v) is 4.63. The molecule has 17 heavy (non-hydrogen) atoms. The first-order valence-corrected chi connectivity index (χ1v) is 5.88. The largest absolute Gasteiger partial charge is 0.325 e. The molecule has 1 aliphatic rings. The van der Waals surface area contributed by atoms with Crippen molar-refractivity contribution in [3.63, 3.8) is 0 Å². The van der Waals surface area contributed by atoms with Crippen LogP contribution < -0.4 is 10.6 Å². The number of hydrogen-bond donors (Lipinski definition) is 2. The molecule has 2 N–H and O–H groups in total. The molecule has 0 unspecified atom stereocenters. The van der Waals surface area contributed by atoms with Crippen LogP contribution >= 0.6 is 0 Å². The highest BCUT2D eigenvalue weighted by atomic mass is 19.1. The van der Waals surface area contributed by atoms with Crippen molar-refractivity contribution in [3.8, 4) is 0 Å². The molecule has 92 valence electrons. The number of rotatable bonds is 4. The van der Waals surface area contributed by atoms with Gasteiger partial charge in [0.2, 0.25) is 5.91 Å². The zero-order valence-electron chi connectivity index (χ0n) is 9.92. The predicted octanol–water partition coefficient (Wildman–Crippen LogP) is 2.15. The Hall–Kier alpha value is -1.42. The van der Waals surface area contributed by atoms with Crippen LogP contribution in [0.2, 0.25) is 0 Å². The summed E-state index contributed by atoms with van der Waals surface area (Å²) in [6, 6.07) is 6.00. The van der Waals surface area contributed by atoms with Gasteiger partial charge in [-0.2, -0.15) is 0 Å². The van der Waals surface area contributed by atoms with Crippen molar-refractivity contribution in [2.24, 2.45) is 5.41 Å². The minimum absolute atomic E-state index is 0.0105. The summed E-state index contributed by atoms with van der Waals surface area (Å²) in [6.07, 6.45) is 2.88. The third-order valence-electron chi connectivity index (χ3n) is 3.39. The summed E-state index contributed by atoms with van der Waals surface area (Å²) in [4.78, 5) is 12.1. The van der Waals surface area contributed by atoms with Crippen LogP contribution in [0.3, 0.4) is 0 Å². The standard InChI is InChI=1S/C13H17FN2O/c1-15-9-13(6-3-7-13)12(17)16-11-5-2-4-10(14)8-11/h2,4-5,8,15H,3,6-7,9H2,1H3,(H,16,17). The van der Waals surface area contributed by atoms with E-state index in [1.807, 2.05) is 7.05 Å². The molecule has 0 saturated heterocycles. The third-order valence-corrected chi connectivity index (χ3v) is 3.39. The van der Waals surface area contributed by atoms with Gasteiger partial charge in [0, 0.05) is 12.2 Å². The first-order valence-electron chi connectivity index (χ1n) is 5.88. The Kier molecular flexibility index (Phi) is 3.43. The molecule has 0 spiro atoms. The molecule has 0 aromatic heterocycles. The second kappa shape index (κ2) is 4.84. The van der Waals surface area contributed by atoms with Gasteiger partial charge in [0.05, 0.1) is 5.41 Å². The summed E-state index contributed by atoms with van der Waals surface area (Å²) in [5.41, 5.74) is 0.221. The van der Waals surface area contributed by atoms with Crippen LogP contribution in [0.25, 0.3) is 0 Å². The Morgan fingerprint density at radius 1 is 1.47 bits per heavy atom. The lowest BCUT2D eigenvalue weighted by atomic mass is 9.68. The fourth-order valence-corrected chi connectivity index (χ4v) is 2.26. The van der Waals surface area contributed by atoms with Crippen molar-refractivity contribution < 1.29 is 9.18 Å². The summed E-state index contributed by atoms with van der Waals surface area (Å²) in [7, 11) is 1.84. The maximum atomic E-state index is 13.0. The number of carbonyl (C=O) groups excluding carboxylic acids is 1. The van der Waals surface area contributed by atoms with Crippen LogP contribution in [0.5, 0.6) is 0 Å². The lowest BCUT2D eigenvalue weighted by molar-refractivity contribution is -0.129. The monoisotopic (exact) mass is 236 g/mol. The molecule has 0 atom stereocenters. The number of amides is 1. The van der Waals surface area contributed by atoms with Crippen molar-refractivity contribution in [1.29, 1.82) is 0 Å². The van der Waals surface area contributed by atoms with E-state index < -0.39 is 0 Å². The van der Waals surface area contributed by atoms with E-state index in [1.54, 1.807) is 12.1 Å². The van der Waals surface area contributed by atoms with Crippen LogP contribution in [0.15, 0.2) is 24.3 Å². The normalized spacial score (nSPS) is 17.3. The molecular formula is C13H17FN2O. The topological polar surface area (TPSA) is 41.1 Å². The van der Waals surface area contributed by atoms with Crippen molar-refractivity contribution in [3.05, 3.63) is 30.1 Å². The molecule has 0 aliphatic heterocycles. The van der Waals surface area contributed by atoms with E-state index >= 15 is 0 Å². The Morgan fingerprint density at radius 3 is 2.76 bits per heavy atom. The maximum absolute atomic E-state index is 13.0. The van der Waals surface area contributed by atoms with Gasteiger partial charge in [-0.25, -0.2) is 4.39 Å². The van der Waals surface area contributed by atoms with Crippen molar-refractivity contribution in [1.82, 2.24) is 5.32 Å². The number of carbonyl (C=O) groups is 1. The lowest BCUT2D eigenvalue weighted by Crippen LogP contribution is -2.48. The van der Waals surface area contributed by atoms with Gasteiger partial charge >= 0.3 is 0 Å². The molecule has 4 heteroatoms. The number of hydrogen-bond acceptors (Lipinski definition) is 2. The van der Waals surface area contributed by atoms with Gasteiger partial charge in [-0.3, -0.25) is 4.79 Å². The van der Waals surface area contributed by atoms with Crippen LogP contribution in [0.4, 0.5) is 10.1 Å². The minimum Gasteiger partial charge on any atom is -0.325 e. The van der Waals surface area contributed by atoms with E-state index in [0.29, 0.717) is 12.2 Å². The zero-order valence-corrected chi connectivity index (χ0v) is 9.92. The highest BCUT2D eigenvalue weighted by Crippen LogP contribution is 2.41. The zero-order chi connectivity index (χ0) is 12.3. The second-order valence-electron chi connectivity index (χ2n) is 4.63. The average molecular weight is 236 g/mol. The van der Waals surface area contributed by atoms with Crippen LogP contribution in [-0.4, -0.2) is 19.5 Å². The highest BCUT2D eigenvalue weighted by Gasteiger charge is 2.43. The number of halogens is 1. The van der Waals surface area contributed by atoms with Crippen molar-refractivity contribution in [2.75, 3.05) is 18.9 Å². The maximum Gasteiger partial charge on any atom is 0.231 e. The highest BCUT2D eigenvalue weighted by molar-refractivity contribution is 5.96. The smallest absolute Gasteiger partial charge is 0.231 e. The molecule has 1 aromatic rings. The van der Waals surface area contributed by atoms with Gasteiger partial charge in [-0.05, 0) is 38.1 Å². The summed E-state index contributed by atoms with van der Waals surface area (Å²) in [6.45, 7) is 0.675. The molecule has 0 heterocycles. The molecule has 1 aromatic carbocycles. The fraction of sp³-hybridized carbons (Fsp3) is 0.462. The quantitative estimate of drug-likeness (QED) is 0.841. The van der Waals surface area contributed by atoms with Crippen LogP contribution in [0.1, 0.15) is 19.3 Å². The SMILES string of the molecule is CNCC1(C(=O)Nc2cccc(F)c2)CCC1. The lowest BCUT2D eigenvalue weighted by Gasteiger charge is -2.40. The van der Waals surface area contributed by atoms with Crippen LogP contribution in [-0.2, 0) is 4.79 Å². The number of nitrogens with one attached hydrogen (secondary N) is 2. The molecule has 2 rings (SSSR count). The number of anilines is 1. The van der Waals surface area contributed by atoms with E-state index in [2.05, 4.69) is 10.6 Å². The van der Waals surface area contributed by atoms with E-state index in [1.165, 1.54) is 12.1 Å². The first kappa shape index (κ1) is 12.0. The molecule has 1 saturated carbocycles.